The zero-order valence-electron chi connectivity index (χ0n) is 8.27. The van der Waals surface area contributed by atoms with Crippen LogP contribution < -0.4 is 4.74 Å². The van der Waals surface area contributed by atoms with E-state index in [1.54, 1.807) is 19.1 Å². The predicted octanol–water partition coefficient (Wildman–Crippen LogP) is 2.92. The van der Waals surface area contributed by atoms with Crippen molar-refractivity contribution < 1.29 is 17.9 Å². The van der Waals surface area contributed by atoms with Crippen LogP contribution in [-0.4, -0.2) is 13.3 Å². The van der Waals surface area contributed by atoms with Gasteiger partial charge in [0.25, 0.3) is 0 Å². The minimum Gasteiger partial charge on any atom is -0.497 e. The smallest absolute Gasteiger partial charge is 0.458 e. The number of hydrogen-bond donors (Lipinski definition) is 0. The molecule has 1 rings (SSSR count). The quantitative estimate of drug-likeness (QED) is 0.653. The van der Waals surface area contributed by atoms with Crippen LogP contribution in [0.15, 0.2) is 18.2 Å². The first kappa shape index (κ1) is 11.4. The summed E-state index contributed by atoms with van der Waals surface area (Å²) in [5, 5.41) is 0. The lowest BCUT2D eigenvalue weighted by atomic mass is 10.1. The molecule has 0 aliphatic heterocycles. The van der Waals surface area contributed by atoms with Crippen LogP contribution in [0.1, 0.15) is 11.1 Å². The summed E-state index contributed by atoms with van der Waals surface area (Å²) in [5.41, 5.74) is 1.01. The minimum absolute atomic E-state index is 0.355. The number of rotatable bonds is 1. The Balaban J connectivity index is 3.01. The summed E-state index contributed by atoms with van der Waals surface area (Å²) in [6, 6.07) is 4.72. The third kappa shape index (κ3) is 3.55. The Bertz CT molecular complexity index is 410. The zero-order chi connectivity index (χ0) is 11.5. The highest BCUT2D eigenvalue weighted by molar-refractivity contribution is 5.45. The van der Waals surface area contributed by atoms with Crippen LogP contribution in [-0.2, 0) is 0 Å². The molecule has 0 aliphatic carbocycles. The van der Waals surface area contributed by atoms with E-state index in [2.05, 4.69) is 5.92 Å². The molecular formula is C11H9F3O. The highest BCUT2D eigenvalue weighted by atomic mass is 19.4. The largest absolute Gasteiger partial charge is 0.497 e. The predicted molar refractivity (Wildman–Crippen MR) is 50.7 cm³/mol. The van der Waals surface area contributed by atoms with Gasteiger partial charge in [-0.15, -0.1) is 0 Å². The Morgan fingerprint density at radius 1 is 1.27 bits per heavy atom. The van der Waals surface area contributed by atoms with Crippen LogP contribution in [0.4, 0.5) is 13.2 Å². The second-order valence-electron chi connectivity index (χ2n) is 2.93. The van der Waals surface area contributed by atoms with Crippen molar-refractivity contribution >= 4 is 0 Å². The summed E-state index contributed by atoms with van der Waals surface area (Å²) in [6.07, 6.45) is -4.45. The number of halogens is 3. The fourth-order valence-electron chi connectivity index (χ4n) is 1.04. The molecule has 0 saturated carbocycles. The maximum absolute atomic E-state index is 11.8. The van der Waals surface area contributed by atoms with Gasteiger partial charge in [-0.05, 0) is 30.7 Å². The van der Waals surface area contributed by atoms with Crippen molar-refractivity contribution in [2.75, 3.05) is 7.11 Å². The highest BCUT2D eigenvalue weighted by Gasteiger charge is 2.22. The lowest BCUT2D eigenvalue weighted by molar-refractivity contribution is -0.0696. The van der Waals surface area contributed by atoms with Crippen molar-refractivity contribution in [3.05, 3.63) is 29.3 Å². The summed E-state index contributed by atoms with van der Waals surface area (Å²) >= 11 is 0. The van der Waals surface area contributed by atoms with Gasteiger partial charge in [0.2, 0.25) is 0 Å². The normalized spacial score (nSPS) is 10.5. The van der Waals surface area contributed by atoms with Gasteiger partial charge < -0.3 is 4.74 Å². The van der Waals surface area contributed by atoms with Gasteiger partial charge in [-0.3, -0.25) is 0 Å². The molecule has 0 fully saturated rings. The average molecular weight is 214 g/mol. The third-order valence-electron chi connectivity index (χ3n) is 1.77. The molecule has 0 N–H and O–H groups in total. The van der Waals surface area contributed by atoms with Crippen LogP contribution in [0.3, 0.4) is 0 Å². The number of ether oxygens (including phenoxy) is 1. The van der Waals surface area contributed by atoms with Gasteiger partial charge in [-0.2, -0.15) is 13.2 Å². The van der Waals surface area contributed by atoms with E-state index in [9.17, 15) is 13.2 Å². The topological polar surface area (TPSA) is 9.23 Å². The second-order valence-corrected chi connectivity index (χ2v) is 2.93. The number of benzene rings is 1. The lowest BCUT2D eigenvalue weighted by Gasteiger charge is -2.02. The van der Waals surface area contributed by atoms with Crippen LogP contribution in [0.2, 0.25) is 0 Å². The molecular weight excluding hydrogens is 205 g/mol. The molecule has 1 aromatic carbocycles. The van der Waals surface area contributed by atoms with Crippen LogP contribution in [0, 0.1) is 18.8 Å². The van der Waals surface area contributed by atoms with Crippen molar-refractivity contribution in [1.82, 2.24) is 0 Å². The SMILES string of the molecule is COc1ccc(C#CC(F)(F)F)c(C)c1. The molecule has 80 valence electrons. The van der Waals surface area contributed by atoms with Gasteiger partial charge in [0, 0.05) is 11.5 Å². The van der Waals surface area contributed by atoms with Crippen LogP contribution in [0.25, 0.3) is 0 Å². The Labute approximate surface area is 85.9 Å². The fourth-order valence-corrected chi connectivity index (χ4v) is 1.04. The van der Waals surface area contributed by atoms with Gasteiger partial charge in [0.05, 0.1) is 7.11 Å². The number of aryl methyl sites for hydroxylation is 1. The van der Waals surface area contributed by atoms with Crippen molar-refractivity contribution in [2.45, 2.75) is 13.1 Å². The Hall–Kier alpha value is -1.63. The second kappa shape index (κ2) is 4.26. The van der Waals surface area contributed by atoms with Gasteiger partial charge in [0.15, 0.2) is 0 Å². The summed E-state index contributed by atoms with van der Waals surface area (Å²) in [7, 11) is 1.50. The van der Waals surface area contributed by atoms with E-state index < -0.39 is 6.18 Å². The molecule has 0 aromatic heterocycles. The Morgan fingerprint density at radius 3 is 2.40 bits per heavy atom. The van der Waals surface area contributed by atoms with E-state index in [0.29, 0.717) is 16.9 Å². The minimum atomic E-state index is -4.45. The lowest BCUT2D eigenvalue weighted by Crippen LogP contribution is -2.01. The standard InChI is InChI=1S/C11H9F3O/c1-8-7-10(15-2)4-3-9(8)5-6-11(12,13)14/h3-4,7H,1-2H3. The maximum atomic E-state index is 11.8. The monoisotopic (exact) mass is 214 g/mol. The zero-order valence-corrected chi connectivity index (χ0v) is 8.27. The molecule has 0 saturated heterocycles. The number of hydrogen-bond acceptors (Lipinski definition) is 1. The average Bonchev–Trinajstić information content (AvgIpc) is 2.14. The summed E-state index contributed by atoms with van der Waals surface area (Å²) in [5.74, 6) is 3.90. The molecule has 0 spiro atoms. The van der Waals surface area contributed by atoms with E-state index in [1.165, 1.54) is 19.1 Å². The summed E-state index contributed by atoms with van der Waals surface area (Å²) in [4.78, 5) is 0. The van der Waals surface area contributed by atoms with Crippen LogP contribution >= 0.6 is 0 Å². The molecule has 0 aliphatic rings. The molecule has 4 heteroatoms. The van der Waals surface area contributed by atoms with Gasteiger partial charge in [-0.25, -0.2) is 0 Å². The molecule has 15 heavy (non-hydrogen) atoms. The van der Waals surface area contributed by atoms with Gasteiger partial charge in [0.1, 0.15) is 5.75 Å². The Morgan fingerprint density at radius 2 is 1.93 bits per heavy atom. The van der Waals surface area contributed by atoms with Gasteiger partial charge >= 0.3 is 6.18 Å². The maximum Gasteiger partial charge on any atom is 0.458 e. The van der Waals surface area contributed by atoms with Crippen LogP contribution in [0.5, 0.6) is 5.75 Å². The first-order chi connectivity index (χ1) is 6.92. The molecule has 0 amide bonds. The molecule has 0 unspecified atom stereocenters. The van der Waals surface area contributed by atoms with Crippen molar-refractivity contribution in [1.29, 1.82) is 0 Å². The molecule has 1 nitrogen and oxygen atoms in total. The van der Waals surface area contributed by atoms with E-state index in [0.717, 1.165) is 0 Å². The van der Waals surface area contributed by atoms with Crippen molar-refractivity contribution in [3.8, 4) is 17.6 Å². The van der Waals surface area contributed by atoms with E-state index in [-0.39, 0.29) is 0 Å². The van der Waals surface area contributed by atoms with E-state index >= 15 is 0 Å². The summed E-state index contributed by atoms with van der Waals surface area (Å²) in [6.45, 7) is 1.68. The van der Waals surface area contributed by atoms with E-state index in [1.807, 2.05) is 0 Å². The van der Waals surface area contributed by atoms with Crippen molar-refractivity contribution in [2.24, 2.45) is 0 Å². The number of methoxy groups -OCH3 is 1. The van der Waals surface area contributed by atoms with Crippen molar-refractivity contribution in [3.63, 3.8) is 0 Å². The molecule has 0 atom stereocenters. The fraction of sp³-hybridized carbons (Fsp3) is 0.273. The van der Waals surface area contributed by atoms with Gasteiger partial charge in [-0.1, -0.05) is 5.92 Å². The first-order valence-corrected chi connectivity index (χ1v) is 4.17. The Kier molecular flexibility index (Phi) is 3.25. The molecule has 0 bridgehead atoms. The molecule has 0 heterocycles. The van der Waals surface area contributed by atoms with E-state index in [4.69, 9.17) is 4.74 Å². The first-order valence-electron chi connectivity index (χ1n) is 4.17. The third-order valence-corrected chi connectivity index (χ3v) is 1.77. The molecule has 1 aromatic rings. The summed E-state index contributed by atoms with van der Waals surface area (Å²) < 4.78 is 40.4. The molecule has 0 radical (unpaired) electrons. The number of alkyl halides is 3. The highest BCUT2D eigenvalue weighted by Crippen LogP contribution is 2.17.